The molecule has 0 bridgehead atoms. The fourth-order valence-corrected chi connectivity index (χ4v) is 3.10. The van der Waals surface area contributed by atoms with Crippen molar-refractivity contribution in [2.75, 3.05) is 13.1 Å². The number of ether oxygens (including phenoxy) is 1. The summed E-state index contributed by atoms with van der Waals surface area (Å²) >= 11 is 0. The second-order valence-electron chi connectivity index (χ2n) is 8.07. The Hall–Kier alpha value is -2.44. The Kier molecular flexibility index (Phi) is 8.42. The van der Waals surface area contributed by atoms with Gasteiger partial charge in [-0.05, 0) is 58.6 Å². The van der Waals surface area contributed by atoms with Crippen molar-refractivity contribution >= 4 is 12.1 Å². The smallest absolute Gasteiger partial charge is 0.407 e. The van der Waals surface area contributed by atoms with Gasteiger partial charge in [0.05, 0.1) is 6.26 Å². The molecule has 3 N–H and O–H groups in total. The molecule has 1 fully saturated rings. The highest BCUT2D eigenvalue weighted by Gasteiger charge is 2.25. The van der Waals surface area contributed by atoms with E-state index in [9.17, 15) is 4.79 Å². The average Bonchev–Trinajstić information content (AvgIpc) is 3.13. The molecule has 0 atom stereocenters. The lowest BCUT2D eigenvalue weighted by Crippen LogP contribution is -2.48. The summed E-state index contributed by atoms with van der Waals surface area (Å²) in [6, 6.07) is 4.33. The third-order valence-corrected chi connectivity index (χ3v) is 4.41. The van der Waals surface area contributed by atoms with E-state index in [0.29, 0.717) is 19.1 Å². The molecule has 0 radical (unpaired) electrons. The Labute approximate surface area is 168 Å². The Morgan fingerprint density at radius 1 is 1.29 bits per heavy atom. The number of nitrogens with zero attached hydrogens (tertiary/aromatic N) is 1. The molecule has 0 spiro atoms. The average molecular weight is 391 g/mol. The van der Waals surface area contributed by atoms with Crippen LogP contribution in [-0.2, 0) is 11.2 Å². The van der Waals surface area contributed by atoms with Gasteiger partial charge < -0.3 is 25.1 Å². The van der Waals surface area contributed by atoms with Gasteiger partial charge in [-0.15, -0.1) is 6.58 Å². The summed E-state index contributed by atoms with van der Waals surface area (Å²) in [5, 5.41) is 9.74. The summed E-state index contributed by atoms with van der Waals surface area (Å²) in [4.78, 5) is 16.6. The van der Waals surface area contributed by atoms with Gasteiger partial charge in [-0.1, -0.05) is 6.08 Å². The Morgan fingerprint density at radius 3 is 2.54 bits per heavy atom. The van der Waals surface area contributed by atoms with Gasteiger partial charge in [0, 0.05) is 31.6 Å². The molecule has 1 aliphatic rings. The topological polar surface area (TPSA) is 87.9 Å². The summed E-state index contributed by atoms with van der Waals surface area (Å²) in [6.45, 7) is 10.7. The van der Waals surface area contributed by atoms with Crippen LogP contribution in [0, 0.1) is 0 Å². The van der Waals surface area contributed by atoms with Crippen molar-refractivity contribution in [1.29, 1.82) is 0 Å². The summed E-state index contributed by atoms with van der Waals surface area (Å²) in [5.74, 6) is 1.72. The number of nitrogens with one attached hydrogen (secondary N) is 3. The van der Waals surface area contributed by atoms with Crippen molar-refractivity contribution in [1.82, 2.24) is 16.0 Å². The number of amides is 1. The first-order chi connectivity index (χ1) is 13.4. The molecule has 1 aromatic heterocycles. The van der Waals surface area contributed by atoms with Crippen LogP contribution in [0.4, 0.5) is 4.79 Å². The molecular weight excluding hydrogens is 356 g/mol. The van der Waals surface area contributed by atoms with Crippen LogP contribution in [0.3, 0.4) is 0 Å². The van der Waals surface area contributed by atoms with Crippen LogP contribution in [0.1, 0.15) is 52.2 Å². The second kappa shape index (κ2) is 10.8. The molecule has 0 aliphatic heterocycles. The lowest BCUT2D eigenvalue weighted by Gasteiger charge is -2.31. The number of rotatable bonds is 7. The molecule has 0 saturated heterocycles. The lowest BCUT2D eigenvalue weighted by molar-refractivity contribution is 0.0490. The fraction of sp³-hybridized carbons (Fsp3) is 0.619. The SMILES string of the molecule is C=CCNC(=NCCc1ccco1)NC1CCC(NC(=O)OC(C)(C)C)CC1. The minimum Gasteiger partial charge on any atom is -0.469 e. The van der Waals surface area contributed by atoms with Crippen LogP contribution in [0.15, 0.2) is 40.5 Å². The standard InChI is InChI=1S/C21H34N4O3/c1-5-13-22-19(23-14-12-18-7-6-15-27-18)24-16-8-10-17(11-9-16)25-20(26)28-21(2,3)4/h5-7,15-17H,1,8-14H2,2-4H3,(H,25,26)(H2,22,23,24). The summed E-state index contributed by atoms with van der Waals surface area (Å²) in [6.07, 6.45) is 7.68. The maximum atomic E-state index is 11.9. The number of alkyl carbamates (subject to hydrolysis) is 1. The second-order valence-corrected chi connectivity index (χ2v) is 8.07. The van der Waals surface area contributed by atoms with Crippen LogP contribution in [-0.4, -0.2) is 42.8 Å². The third kappa shape index (κ3) is 8.50. The number of furan rings is 1. The molecule has 1 aromatic rings. The zero-order chi connectivity index (χ0) is 20.4. The van der Waals surface area contributed by atoms with E-state index < -0.39 is 5.60 Å². The number of carbonyl (C=O) groups is 1. The zero-order valence-corrected chi connectivity index (χ0v) is 17.3. The molecule has 7 heteroatoms. The minimum absolute atomic E-state index is 0.161. The molecule has 1 saturated carbocycles. The van der Waals surface area contributed by atoms with Gasteiger partial charge >= 0.3 is 6.09 Å². The van der Waals surface area contributed by atoms with Gasteiger partial charge in [-0.2, -0.15) is 0 Å². The van der Waals surface area contributed by atoms with E-state index in [1.54, 1.807) is 6.26 Å². The van der Waals surface area contributed by atoms with E-state index in [-0.39, 0.29) is 12.1 Å². The maximum absolute atomic E-state index is 11.9. The van der Waals surface area contributed by atoms with Gasteiger partial charge in [0.1, 0.15) is 11.4 Å². The van der Waals surface area contributed by atoms with Crippen LogP contribution >= 0.6 is 0 Å². The zero-order valence-electron chi connectivity index (χ0n) is 17.3. The van der Waals surface area contributed by atoms with Crippen LogP contribution < -0.4 is 16.0 Å². The fourth-order valence-electron chi connectivity index (χ4n) is 3.10. The number of hydrogen-bond donors (Lipinski definition) is 3. The first kappa shape index (κ1) is 21.9. The summed E-state index contributed by atoms with van der Waals surface area (Å²) in [5.41, 5.74) is -0.472. The normalized spacial score (nSPS) is 20.3. The number of carbonyl (C=O) groups excluding carboxylic acids is 1. The summed E-state index contributed by atoms with van der Waals surface area (Å²) < 4.78 is 10.7. The van der Waals surface area contributed by atoms with Crippen molar-refractivity contribution in [2.24, 2.45) is 4.99 Å². The quantitative estimate of drug-likeness (QED) is 0.377. The molecule has 0 unspecified atom stereocenters. The molecule has 0 aromatic carbocycles. The van der Waals surface area contributed by atoms with Crippen molar-refractivity contribution in [3.8, 4) is 0 Å². The molecule has 2 rings (SSSR count). The first-order valence-electron chi connectivity index (χ1n) is 10.0. The van der Waals surface area contributed by atoms with E-state index in [1.165, 1.54) is 0 Å². The molecular formula is C21H34N4O3. The van der Waals surface area contributed by atoms with E-state index in [2.05, 4.69) is 27.5 Å². The molecule has 1 amide bonds. The maximum Gasteiger partial charge on any atom is 0.407 e. The third-order valence-electron chi connectivity index (χ3n) is 4.41. The van der Waals surface area contributed by atoms with E-state index in [0.717, 1.165) is 43.8 Å². The predicted octanol–water partition coefficient (Wildman–Crippen LogP) is 3.38. The largest absolute Gasteiger partial charge is 0.469 e. The monoisotopic (exact) mass is 390 g/mol. The Bertz CT molecular complexity index is 627. The minimum atomic E-state index is -0.472. The van der Waals surface area contributed by atoms with Gasteiger partial charge in [0.25, 0.3) is 0 Å². The van der Waals surface area contributed by atoms with Crippen molar-refractivity contribution in [2.45, 2.75) is 70.6 Å². The highest BCUT2D eigenvalue weighted by atomic mass is 16.6. The molecule has 7 nitrogen and oxygen atoms in total. The van der Waals surface area contributed by atoms with E-state index in [1.807, 2.05) is 39.0 Å². The van der Waals surface area contributed by atoms with Crippen LogP contribution in [0.5, 0.6) is 0 Å². The molecule has 1 heterocycles. The highest BCUT2D eigenvalue weighted by molar-refractivity contribution is 5.80. The van der Waals surface area contributed by atoms with E-state index in [4.69, 9.17) is 9.15 Å². The number of hydrogen-bond acceptors (Lipinski definition) is 4. The number of aliphatic imine (C=N–C) groups is 1. The Balaban J connectivity index is 1.77. The lowest BCUT2D eigenvalue weighted by atomic mass is 9.91. The highest BCUT2D eigenvalue weighted by Crippen LogP contribution is 2.19. The first-order valence-corrected chi connectivity index (χ1v) is 10.0. The predicted molar refractivity (Wildman–Crippen MR) is 111 cm³/mol. The number of guanidine groups is 1. The van der Waals surface area contributed by atoms with Crippen molar-refractivity contribution in [3.63, 3.8) is 0 Å². The van der Waals surface area contributed by atoms with Gasteiger partial charge in [0.15, 0.2) is 5.96 Å². The van der Waals surface area contributed by atoms with Crippen molar-refractivity contribution < 1.29 is 13.9 Å². The van der Waals surface area contributed by atoms with Gasteiger partial charge in [0.2, 0.25) is 0 Å². The Morgan fingerprint density at radius 2 is 1.96 bits per heavy atom. The van der Waals surface area contributed by atoms with E-state index >= 15 is 0 Å². The summed E-state index contributed by atoms with van der Waals surface area (Å²) in [7, 11) is 0. The van der Waals surface area contributed by atoms with Crippen LogP contribution in [0.2, 0.25) is 0 Å². The van der Waals surface area contributed by atoms with Crippen LogP contribution in [0.25, 0.3) is 0 Å². The van der Waals surface area contributed by atoms with Gasteiger partial charge in [-0.3, -0.25) is 4.99 Å². The molecule has 28 heavy (non-hydrogen) atoms. The molecule has 156 valence electrons. The van der Waals surface area contributed by atoms with Crippen molar-refractivity contribution in [3.05, 3.63) is 36.8 Å². The molecule has 1 aliphatic carbocycles. The van der Waals surface area contributed by atoms with Gasteiger partial charge in [-0.25, -0.2) is 4.79 Å².